The molecule has 142 valence electrons. The van der Waals surface area contributed by atoms with Gasteiger partial charge in [0.25, 0.3) is 5.91 Å². The predicted molar refractivity (Wildman–Crippen MR) is 102 cm³/mol. The number of hydrogen-bond donors (Lipinski definition) is 1. The minimum atomic E-state index is -0.573. The molecule has 5 nitrogen and oxygen atoms in total. The summed E-state index contributed by atoms with van der Waals surface area (Å²) < 4.78 is 18.1. The Morgan fingerprint density at radius 1 is 1.04 bits per heavy atom. The number of halogens is 1. The summed E-state index contributed by atoms with van der Waals surface area (Å²) in [5, 5.41) is 2.71. The molecule has 2 aromatic rings. The summed E-state index contributed by atoms with van der Waals surface area (Å²) in [6.45, 7) is 1.75. The van der Waals surface area contributed by atoms with E-state index in [1.165, 1.54) is 37.5 Å². The van der Waals surface area contributed by atoms with E-state index in [-0.39, 0.29) is 13.0 Å². The van der Waals surface area contributed by atoms with Gasteiger partial charge in [-0.3, -0.25) is 9.59 Å². The van der Waals surface area contributed by atoms with Crippen LogP contribution in [0.2, 0.25) is 0 Å². The smallest absolute Gasteiger partial charge is 0.310 e. The van der Waals surface area contributed by atoms with Gasteiger partial charge in [-0.1, -0.05) is 12.1 Å². The molecule has 0 saturated carbocycles. The first kappa shape index (κ1) is 18.9. The standard InChI is InChI=1S/C21H23FN2O3/c22-17-6-4-5-16(13-17)14-21(26)27-15-20(25)23-18-7-9-19(10-8-18)24-11-2-1-3-12-24/h4-10,13H,1-3,11-12,14-15H2,(H,23,25). The van der Waals surface area contributed by atoms with E-state index in [2.05, 4.69) is 10.2 Å². The Morgan fingerprint density at radius 2 is 1.78 bits per heavy atom. The number of nitrogens with zero attached hydrogens (tertiary/aromatic N) is 1. The van der Waals surface area contributed by atoms with Crippen molar-refractivity contribution in [3.8, 4) is 0 Å². The molecule has 0 aliphatic carbocycles. The van der Waals surface area contributed by atoms with Crippen LogP contribution < -0.4 is 10.2 Å². The van der Waals surface area contributed by atoms with Crippen LogP contribution in [0.4, 0.5) is 15.8 Å². The number of nitrogens with one attached hydrogen (secondary N) is 1. The van der Waals surface area contributed by atoms with E-state index in [9.17, 15) is 14.0 Å². The molecule has 0 spiro atoms. The number of piperidine rings is 1. The predicted octanol–water partition coefficient (Wildman–Crippen LogP) is 3.54. The van der Waals surface area contributed by atoms with Gasteiger partial charge in [-0.05, 0) is 61.2 Å². The van der Waals surface area contributed by atoms with E-state index in [1.807, 2.05) is 24.3 Å². The van der Waals surface area contributed by atoms with Crippen LogP contribution in [0.1, 0.15) is 24.8 Å². The Bertz CT molecular complexity index is 786. The van der Waals surface area contributed by atoms with Gasteiger partial charge in [-0.25, -0.2) is 4.39 Å². The van der Waals surface area contributed by atoms with E-state index >= 15 is 0 Å². The zero-order valence-corrected chi connectivity index (χ0v) is 15.1. The maximum Gasteiger partial charge on any atom is 0.310 e. The largest absolute Gasteiger partial charge is 0.455 e. The number of carbonyl (C=O) groups is 2. The highest BCUT2D eigenvalue weighted by molar-refractivity contribution is 5.93. The van der Waals surface area contributed by atoms with Crippen LogP contribution in [0, 0.1) is 5.82 Å². The van der Waals surface area contributed by atoms with Crippen LogP contribution in [0.3, 0.4) is 0 Å². The summed E-state index contributed by atoms with van der Waals surface area (Å²) in [7, 11) is 0. The van der Waals surface area contributed by atoms with Crippen LogP contribution in [-0.2, 0) is 20.7 Å². The van der Waals surface area contributed by atoms with Gasteiger partial charge in [0, 0.05) is 24.5 Å². The highest BCUT2D eigenvalue weighted by atomic mass is 19.1. The second-order valence-corrected chi connectivity index (χ2v) is 6.61. The highest BCUT2D eigenvalue weighted by Crippen LogP contribution is 2.21. The normalized spacial score (nSPS) is 13.9. The number of amides is 1. The fraction of sp³-hybridized carbons (Fsp3) is 0.333. The van der Waals surface area contributed by atoms with E-state index in [1.54, 1.807) is 6.07 Å². The Hall–Kier alpha value is -2.89. The first-order valence-electron chi connectivity index (χ1n) is 9.15. The third kappa shape index (κ3) is 5.81. The van der Waals surface area contributed by atoms with Crippen LogP contribution in [0.25, 0.3) is 0 Å². The molecule has 1 heterocycles. The molecule has 1 N–H and O–H groups in total. The second kappa shape index (κ2) is 9.16. The highest BCUT2D eigenvalue weighted by Gasteiger charge is 2.12. The van der Waals surface area contributed by atoms with Crippen LogP contribution in [0.5, 0.6) is 0 Å². The zero-order chi connectivity index (χ0) is 19.1. The fourth-order valence-electron chi connectivity index (χ4n) is 3.12. The second-order valence-electron chi connectivity index (χ2n) is 6.61. The van der Waals surface area contributed by atoms with Gasteiger partial charge < -0.3 is 15.0 Å². The molecule has 0 bridgehead atoms. The number of esters is 1. The van der Waals surface area contributed by atoms with Gasteiger partial charge in [0.1, 0.15) is 5.82 Å². The van der Waals surface area contributed by atoms with Crippen molar-refractivity contribution in [1.82, 2.24) is 0 Å². The van der Waals surface area contributed by atoms with Crippen molar-refractivity contribution >= 4 is 23.3 Å². The quantitative estimate of drug-likeness (QED) is 0.790. The maximum atomic E-state index is 13.1. The fourth-order valence-corrected chi connectivity index (χ4v) is 3.12. The summed E-state index contributed by atoms with van der Waals surface area (Å²) >= 11 is 0. The average molecular weight is 370 g/mol. The lowest BCUT2D eigenvalue weighted by atomic mass is 10.1. The first-order chi connectivity index (χ1) is 13.1. The molecule has 1 fully saturated rings. The Balaban J connectivity index is 1.44. The monoisotopic (exact) mass is 370 g/mol. The first-order valence-corrected chi connectivity index (χ1v) is 9.15. The van der Waals surface area contributed by atoms with Crippen molar-refractivity contribution in [1.29, 1.82) is 0 Å². The van der Waals surface area contributed by atoms with E-state index in [4.69, 9.17) is 4.74 Å². The third-order valence-electron chi connectivity index (χ3n) is 4.47. The number of carbonyl (C=O) groups excluding carboxylic acids is 2. The van der Waals surface area contributed by atoms with Gasteiger partial charge in [0.05, 0.1) is 6.42 Å². The van der Waals surface area contributed by atoms with Crippen molar-refractivity contribution in [2.24, 2.45) is 0 Å². The Morgan fingerprint density at radius 3 is 2.48 bits per heavy atom. The molecule has 0 aromatic heterocycles. The molecule has 3 rings (SSSR count). The van der Waals surface area contributed by atoms with E-state index in [0.29, 0.717) is 11.3 Å². The van der Waals surface area contributed by atoms with Crippen LogP contribution >= 0.6 is 0 Å². The van der Waals surface area contributed by atoms with Crippen molar-refractivity contribution in [3.63, 3.8) is 0 Å². The van der Waals surface area contributed by atoms with E-state index < -0.39 is 17.7 Å². The van der Waals surface area contributed by atoms with Crippen molar-refractivity contribution in [2.75, 3.05) is 29.9 Å². The molecular formula is C21H23FN2O3. The number of hydrogen-bond acceptors (Lipinski definition) is 4. The van der Waals surface area contributed by atoms with Gasteiger partial charge in [0.15, 0.2) is 6.61 Å². The summed E-state index contributed by atoms with van der Waals surface area (Å²) in [6, 6.07) is 13.4. The summed E-state index contributed by atoms with van der Waals surface area (Å²) in [5.41, 5.74) is 2.31. The lowest BCUT2D eigenvalue weighted by Crippen LogP contribution is -2.29. The number of anilines is 2. The lowest BCUT2D eigenvalue weighted by Gasteiger charge is -2.28. The topological polar surface area (TPSA) is 58.6 Å². The Labute approximate surface area is 158 Å². The number of rotatable bonds is 6. The molecule has 0 unspecified atom stereocenters. The Kier molecular flexibility index (Phi) is 6.41. The summed E-state index contributed by atoms with van der Waals surface area (Å²) in [5.74, 6) is -1.39. The van der Waals surface area contributed by atoms with Crippen molar-refractivity contribution < 1.29 is 18.7 Å². The van der Waals surface area contributed by atoms with Gasteiger partial charge >= 0.3 is 5.97 Å². The molecule has 0 atom stereocenters. The summed E-state index contributed by atoms with van der Waals surface area (Å²) in [4.78, 5) is 26.1. The summed E-state index contributed by atoms with van der Waals surface area (Å²) in [6.07, 6.45) is 3.62. The van der Waals surface area contributed by atoms with Gasteiger partial charge in [0.2, 0.25) is 0 Å². The minimum Gasteiger partial charge on any atom is -0.455 e. The molecule has 0 radical (unpaired) electrons. The number of benzene rings is 2. The molecule has 27 heavy (non-hydrogen) atoms. The minimum absolute atomic E-state index is 0.0738. The molecule has 6 heteroatoms. The van der Waals surface area contributed by atoms with Gasteiger partial charge in [-0.15, -0.1) is 0 Å². The van der Waals surface area contributed by atoms with Gasteiger partial charge in [-0.2, -0.15) is 0 Å². The molecule has 1 amide bonds. The van der Waals surface area contributed by atoms with E-state index in [0.717, 1.165) is 18.8 Å². The van der Waals surface area contributed by atoms with Crippen molar-refractivity contribution in [2.45, 2.75) is 25.7 Å². The van der Waals surface area contributed by atoms with Crippen LogP contribution in [-0.4, -0.2) is 31.6 Å². The van der Waals surface area contributed by atoms with Crippen molar-refractivity contribution in [3.05, 3.63) is 59.9 Å². The van der Waals surface area contributed by atoms with Crippen LogP contribution in [0.15, 0.2) is 48.5 Å². The average Bonchev–Trinajstić information content (AvgIpc) is 2.68. The molecule has 1 aliphatic heterocycles. The molecule has 1 aliphatic rings. The SMILES string of the molecule is O=C(COC(=O)Cc1cccc(F)c1)Nc1ccc(N2CCCCC2)cc1. The maximum absolute atomic E-state index is 13.1. The number of ether oxygens (including phenoxy) is 1. The zero-order valence-electron chi connectivity index (χ0n) is 15.1. The molecular weight excluding hydrogens is 347 g/mol. The molecule has 1 saturated heterocycles. The lowest BCUT2D eigenvalue weighted by molar-refractivity contribution is -0.146. The molecule has 2 aromatic carbocycles. The third-order valence-corrected chi connectivity index (χ3v) is 4.47.